The molecule has 2 bridgehead atoms. The molecule has 0 saturated heterocycles. The third-order valence-corrected chi connectivity index (χ3v) is 7.12. The molecule has 2 N–H and O–H groups in total. The van der Waals surface area contributed by atoms with E-state index in [4.69, 9.17) is 4.74 Å². The summed E-state index contributed by atoms with van der Waals surface area (Å²) in [5.74, 6) is 2.02. The molecule has 1 heterocycles. The second-order valence-corrected chi connectivity index (χ2v) is 9.41. The van der Waals surface area contributed by atoms with Gasteiger partial charge in [0.2, 0.25) is 0 Å². The maximum absolute atomic E-state index is 12.4. The van der Waals surface area contributed by atoms with Gasteiger partial charge in [0.25, 0.3) is 0 Å². The highest BCUT2D eigenvalue weighted by Crippen LogP contribution is 2.43. The first kappa shape index (κ1) is 22.4. The Labute approximate surface area is 193 Å². The minimum Gasteiger partial charge on any atom is -0.445 e. The molecule has 0 radical (unpaired) electrons. The molecule has 8 heteroatoms. The molecule has 2 aliphatic rings. The Bertz CT molecular complexity index is 951. The van der Waals surface area contributed by atoms with Crippen molar-refractivity contribution in [3.63, 3.8) is 0 Å². The van der Waals surface area contributed by atoms with Crippen LogP contribution in [-0.4, -0.2) is 34.9 Å². The number of hydrogen-bond donors (Lipinski definition) is 2. The summed E-state index contributed by atoms with van der Waals surface area (Å²) < 4.78 is 5.47. The van der Waals surface area contributed by atoms with Gasteiger partial charge in [0, 0.05) is 12.6 Å². The summed E-state index contributed by atoms with van der Waals surface area (Å²) in [6.07, 6.45) is 8.76. The van der Waals surface area contributed by atoms with Gasteiger partial charge in [0.1, 0.15) is 24.1 Å². The topological polar surface area (TPSA) is 99.9 Å². The van der Waals surface area contributed by atoms with Crippen LogP contribution in [0.3, 0.4) is 0 Å². The minimum absolute atomic E-state index is 0.181. The molecule has 2 fully saturated rings. The van der Waals surface area contributed by atoms with Crippen LogP contribution < -0.4 is 10.6 Å². The number of hydrogen-bond acceptors (Lipinski definition) is 7. The predicted octanol–water partition coefficient (Wildman–Crippen LogP) is 4.60. The standard InChI is InChI=1S/C24H29N5O2S/c1-32-23-27-14-20(12-25)22(29-23)26-13-17-10-18-8-5-9-19(11-17)21(18)28-24(30)31-15-16-6-3-2-4-7-16/h2-4,6-7,14,17-19,21H,5,8-11,13,15H2,1H3,(H,28,30)(H,26,27,29)/t17?,18-,19+,21-. The molecule has 4 rings (SSSR count). The van der Waals surface area contributed by atoms with Crippen LogP contribution in [0, 0.1) is 29.1 Å². The monoisotopic (exact) mass is 451 g/mol. The van der Waals surface area contributed by atoms with E-state index in [1.54, 1.807) is 6.20 Å². The number of rotatable bonds is 7. The molecule has 0 spiro atoms. The number of benzene rings is 1. The fourth-order valence-corrected chi connectivity index (χ4v) is 5.43. The molecule has 2 aromatic rings. The summed E-state index contributed by atoms with van der Waals surface area (Å²) in [5.41, 5.74) is 1.46. The van der Waals surface area contributed by atoms with Crippen molar-refractivity contribution in [3.05, 3.63) is 47.7 Å². The Hall–Kier alpha value is -2.79. The van der Waals surface area contributed by atoms with Crippen molar-refractivity contribution in [1.29, 1.82) is 5.26 Å². The third kappa shape index (κ3) is 5.52. The summed E-state index contributed by atoms with van der Waals surface area (Å²) in [5, 5.41) is 16.6. The fraction of sp³-hybridized carbons (Fsp3) is 0.500. The van der Waals surface area contributed by atoms with E-state index < -0.39 is 0 Å². The highest BCUT2D eigenvalue weighted by molar-refractivity contribution is 7.98. The van der Waals surface area contributed by atoms with Crippen LogP contribution in [0.25, 0.3) is 0 Å². The van der Waals surface area contributed by atoms with Crippen LogP contribution in [0.4, 0.5) is 10.6 Å². The normalized spacial score (nSPS) is 24.2. The minimum atomic E-state index is -0.323. The third-order valence-electron chi connectivity index (χ3n) is 6.56. The molecular formula is C24H29N5O2S. The first-order valence-electron chi connectivity index (χ1n) is 11.2. The summed E-state index contributed by atoms with van der Waals surface area (Å²) in [4.78, 5) is 21.1. The lowest BCUT2D eigenvalue weighted by Crippen LogP contribution is -2.52. The zero-order valence-corrected chi connectivity index (χ0v) is 19.1. The van der Waals surface area contributed by atoms with E-state index >= 15 is 0 Å². The molecule has 32 heavy (non-hydrogen) atoms. The van der Waals surface area contributed by atoms with Gasteiger partial charge in [-0.05, 0) is 55.3 Å². The lowest BCUT2D eigenvalue weighted by molar-refractivity contribution is 0.0732. The highest BCUT2D eigenvalue weighted by atomic mass is 32.2. The van der Waals surface area contributed by atoms with E-state index in [1.165, 1.54) is 18.2 Å². The molecule has 1 unspecified atom stereocenters. The van der Waals surface area contributed by atoms with Gasteiger partial charge in [0.15, 0.2) is 5.16 Å². The average molecular weight is 452 g/mol. The van der Waals surface area contributed by atoms with Crippen LogP contribution >= 0.6 is 11.8 Å². The number of amides is 1. The Morgan fingerprint density at radius 2 is 2.00 bits per heavy atom. The molecule has 1 aromatic heterocycles. The van der Waals surface area contributed by atoms with Gasteiger partial charge < -0.3 is 15.4 Å². The van der Waals surface area contributed by atoms with Crippen molar-refractivity contribution in [3.8, 4) is 6.07 Å². The van der Waals surface area contributed by atoms with E-state index in [9.17, 15) is 10.1 Å². The lowest BCUT2D eigenvalue weighted by Gasteiger charge is -2.46. The predicted molar refractivity (Wildman–Crippen MR) is 124 cm³/mol. The Balaban J connectivity index is 1.31. The van der Waals surface area contributed by atoms with Gasteiger partial charge in [-0.3, -0.25) is 0 Å². The van der Waals surface area contributed by atoms with Gasteiger partial charge in [-0.1, -0.05) is 48.5 Å². The van der Waals surface area contributed by atoms with Gasteiger partial charge in [-0.15, -0.1) is 0 Å². The molecule has 4 atom stereocenters. The van der Waals surface area contributed by atoms with Crippen molar-refractivity contribution in [2.75, 3.05) is 18.1 Å². The van der Waals surface area contributed by atoms with E-state index in [0.717, 1.165) is 37.8 Å². The molecule has 2 aliphatic carbocycles. The Morgan fingerprint density at radius 3 is 2.69 bits per heavy atom. The molecule has 168 valence electrons. The number of ether oxygens (including phenoxy) is 1. The number of anilines is 1. The first-order valence-corrected chi connectivity index (χ1v) is 12.4. The van der Waals surface area contributed by atoms with E-state index in [1.807, 2.05) is 36.6 Å². The zero-order chi connectivity index (χ0) is 22.3. The van der Waals surface area contributed by atoms with Crippen molar-refractivity contribution < 1.29 is 9.53 Å². The number of nitriles is 1. The second kappa shape index (κ2) is 10.7. The van der Waals surface area contributed by atoms with Gasteiger partial charge in [0.05, 0.1) is 6.20 Å². The first-order chi connectivity index (χ1) is 15.7. The largest absolute Gasteiger partial charge is 0.445 e. The average Bonchev–Trinajstić information content (AvgIpc) is 2.82. The van der Waals surface area contributed by atoms with Crippen LogP contribution in [0.1, 0.15) is 43.2 Å². The number of thioether (sulfide) groups is 1. The van der Waals surface area contributed by atoms with Gasteiger partial charge in [-0.25, -0.2) is 14.8 Å². The zero-order valence-electron chi connectivity index (χ0n) is 18.3. The SMILES string of the molecule is CSc1ncc(C#N)c(NCC2C[C@H]3CCC[C@@H](C2)[C@@H]3NC(=O)OCc2ccccc2)n1. The van der Waals surface area contributed by atoms with E-state index in [-0.39, 0.29) is 12.1 Å². The molecule has 1 aromatic carbocycles. The number of carbonyl (C=O) groups excluding carboxylic acids is 1. The van der Waals surface area contributed by atoms with Crippen molar-refractivity contribution in [1.82, 2.24) is 15.3 Å². The summed E-state index contributed by atoms with van der Waals surface area (Å²) in [6.45, 7) is 1.07. The number of fused-ring (bicyclic) bond motifs is 2. The summed E-state index contributed by atoms with van der Waals surface area (Å²) in [7, 11) is 0. The van der Waals surface area contributed by atoms with Crippen molar-refractivity contribution >= 4 is 23.7 Å². The smallest absolute Gasteiger partial charge is 0.407 e. The molecule has 7 nitrogen and oxygen atoms in total. The van der Waals surface area contributed by atoms with E-state index in [2.05, 4.69) is 26.7 Å². The number of nitrogens with one attached hydrogen (secondary N) is 2. The maximum Gasteiger partial charge on any atom is 0.407 e. The van der Waals surface area contributed by atoms with Crippen LogP contribution in [0.5, 0.6) is 0 Å². The van der Waals surface area contributed by atoms with Gasteiger partial charge >= 0.3 is 6.09 Å². The Morgan fingerprint density at radius 1 is 1.25 bits per heavy atom. The molecule has 0 aliphatic heterocycles. The molecular weight excluding hydrogens is 422 g/mol. The number of carbonyl (C=O) groups is 1. The van der Waals surface area contributed by atoms with Crippen LogP contribution in [-0.2, 0) is 11.3 Å². The van der Waals surface area contributed by atoms with Crippen molar-refractivity contribution in [2.45, 2.75) is 49.9 Å². The quantitative estimate of drug-likeness (QED) is 0.468. The Kier molecular flexibility index (Phi) is 7.48. The van der Waals surface area contributed by atoms with E-state index in [0.29, 0.717) is 40.9 Å². The summed E-state index contributed by atoms with van der Waals surface area (Å²) in [6, 6.07) is 12.1. The number of alkyl carbamates (subject to hydrolysis) is 1. The molecule has 2 saturated carbocycles. The maximum atomic E-state index is 12.4. The summed E-state index contributed by atoms with van der Waals surface area (Å²) >= 11 is 1.46. The van der Waals surface area contributed by atoms with Crippen molar-refractivity contribution in [2.24, 2.45) is 17.8 Å². The lowest BCUT2D eigenvalue weighted by atomic mass is 9.64. The fourth-order valence-electron chi connectivity index (χ4n) is 5.09. The molecule has 1 amide bonds. The van der Waals surface area contributed by atoms with Crippen LogP contribution in [0.15, 0.2) is 41.7 Å². The number of aromatic nitrogens is 2. The number of nitrogens with zero attached hydrogens (tertiary/aromatic N) is 3. The second-order valence-electron chi connectivity index (χ2n) is 8.63. The van der Waals surface area contributed by atoms with Gasteiger partial charge in [-0.2, -0.15) is 5.26 Å². The highest BCUT2D eigenvalue weighted by Gasteiger charge is 2.41. The van der Waals surface area contributed by atoms with Crippen LogP contribution in [0.2, 0.25) is 0 Å².